The first-order chi connectivity index (χ1) is 14.4. The van der Waals surface area contributed by atoms with E-state index in [1.807, 2.05) is 13.8 Å². The van der Waals surface area contributed by atoms with E-state index < -0.39 is 22.6 Å². The van der Waals surface area contributed by atoms with E-state index in [0.717, 1.165) is 0 Å². The molecule has 0 amide bonds. The Bertz CT molecular complexity index is 938. The Balaban J connectivity index is 1.76. The van der Waals surface area contributed by atoms with Gasteiger partial charge in [-0.3, -0.25) is 9.59 Å². The summed E-state index contributed by atoms with van der Waals surface area (Å²) in [5.41, 5.74) is 0.391. The van der Waals surface area contributed by atoms with Crippen molar-refractivity contribution < 1.29 is 32.2 Å². The minimum absolute atomic E-state index is 0.0602. The summed E-state index contributed by atoms with van der Waals surface area (Å²) in [5.74, 6) is 0.174. The molecule has 2 aromatic rings. The molecule has 0 radical (unpaired) electrons. The van der Waals surface area contributed by atoms with Crippen molar-refractivity contribution in [2.75, 3.05) is 26.4 Å². The fourth-order valence-corrected chi connectivity index (χ4v) is 3.49. The fraction of sp³-hybridized carbons (Fsp3) is 0.333. The Morgan fingerprint density at radius 1 is 0.867 bits per heavy atom. The minimum Gasteiger partial charge on any atom is -0.494 e. The summed E-state index contributed by atoms with van der Waals surface area (Å²) < 4.78 is 42.3. The maximum atomic E-state index is 12.2. The quantitative estimate of drug-likeness (QED) is 0.403. The number of nitrogens with one attached hydrogen (secondary N) is 1. The number of esters is 1. The van der Waals surface area contributed by atoms with Gasteiger partial charge in [-0.2, -0.15) is 0 Å². The Hall–Kier alpha value is -2.91. The van der Waals surface area contributed by atoms with Gasteiger partial charge in [0.2, 0.25) is 10.0 Å². The van der Waals surface area contributed by atoms with Crippen molar-refractivity contribution in [3.05, 3.63) is 54.1 Å². The molecule has 0 spiro atoms. The summed E-state index contributed by atoms with van der Waals surface area (Å²) in [6.45, 7) is 4.12. The van der Waals surface area contributed by atoms with E-state index in [1.165, 1.54) is 12.1 Å². The van der Waals surface area contributed by atoms with Crippen LogP contribution in [-0.2, 0) is 19.6 Å². The molecule has 1 N–H and O–H groups in total. The molecule has 0 saturated heterocycles. The summed E-state index contributed by atoms with van der Waals surface area (Å²) in [7, 11) is -3.76. The van der Waals surface area contributed by atoms with Gasteiger partial charge in [0.05, 0.1) is 24.5 Å². The number of hydrogen-bond acceptors (Lipinski definition) is 7. The van der Waals surface area contributed by atoms with Crippen LogP contribution in [0.15, 0.2) is 53.4 Å². The SMILES string of the molecule is CCOc1ccc(C(=O)COC(=O)CCNS(=O)(=O)c2ccc(OCC)cc2)cc1. The minimum atomic E-state index is -3.76. The van der Waals surface area contributed by atoms with E-state index in [4.69, 9.17) is 14.2 Å². The van der Waals surface area contributed by atoms with Gasteiger partial charge in [-0.15, -0.1) is 0 Å². The van der Waals surface area contributed by atoms with Gasteiger partial charge >= 0.3 is 5.97 Å². The number of ketones is 1. The summed E-state index contributed by atoms with van der Waals surface area (Å²) >= 11 is 0. The van der Waals surface area contributed by atoms with Crippen LogP contribution in [0.1, 0.15) is 30.6 Å². The maximum absolute atomic E-state index is 12.2. The van der Waals surface area contributed by atoms with E-state index in [2.05, 4.69) is 4.72 Å². The van der Waals surface area contributed by atoms with Crippen LogP contribution < -0.4 is 14.2 Å². The first-order valence-electron chi connectivity index (χ1n) is 9.50. The first-order valence-corrected chi connectivity index (χ1v) is 11.0. The Kier molecular flexibility index (Phi) is 8.82. The summed E-state index contributed by atoms with van der Waals surface area (Å²) in [6, 6.07) is 12.4. The molecule has 0 bridgehead atoms. The molecule has 0 aliphatic heterocycles. The van der Waals surface area contributed by atoms with Crippen LogP contribution >= 0.6 is 0 Å². The number of carbonyl (C=O) groups is 2. The normalized spacial score (nSPS) is 11.0. The molecular weight excluding hydrogens is 410 g/mol. The number of Topliss-reactive ketones (excluding diaryl/α,β-unsaturated/α-hetero) is 1. The highest BCUT2D eigenvalue weighted by Gasteiger charge is 2.15. The molecule has 0 aliphatic carbocycles. The van der Waals surface area contributed by atoms with Crippen molar-refractivity contribution in [1.82, 2.24) is 4.72 Å². The summed E-state index contributed by atoms with van der Waals surface area (Å²) in [4.78, 5) is 23.9. The number of rotatable bonds is 12. The van der Waals surface area contributed by atoms with Crippen molar-refractivity contribution in [2.24, 2.45) is 0 Å². The lowest BCUT2D eigenvalue weighted by atomic mass is 10.1. The van der Waals surface area contributed by atoms with Crippen LogP contribution in [-0.4, -0.2) is 46.5 Å². The van der Waals surface area contributed by atoms with Gasteiger partial charge in [-0.1, -0.05) is 0 Å². The molecule has 8 nitrogen and oxygen atoms in total. The third kappa shape index (κ3) is 7.16. The molecule has 0 saturated carbocycles. The lowest BCUT2D eigenvalue weighted by Crippen LogP contribution is -2.27. The zero-order valence-electron chi connectivity index (χ0n) is 16.9. The van der Waals surface area contributed by atoms with E-state index in [9.17, 15) is 18.0 Å². The molecule has 0 unspecified atom stereocenters. The zero-order chi connectivity index (χ0) is 22.0. The van der Waals surface area contributed by atoms with Gasteiger partial charge in [0.1, 0.15) is 11.5 Å². The van der Waals surface area contributed by atoms with Crippen molar-refractivity contribution >= 4 is 21.8 Å². The van der Waals surface area contributed by atoms with Gasteiger partial charge in [-0.25, -0.2) is 13.1 Å². The molecule has 30 heavy (non-hydrogen) atoms. The molecule has 2 rings (SSSR count). The van der Waals surface area contributed by atoms with Crippen molar-refractivity contribution in [1.29, 1.82) is 0 Å². The van der Waals surface area contributed by atoms with Crippen LogP contribution in [0.4, 0.5) is 0 Å². The number of ether oxygens (including phenoxy) is 3. The second-order valence-electron chi connectivity index (χ2n) is 6.09. The van der Waals surface area contributed by atoms with Crippen LogP contribution in [0, 0.1) is 0 Å². The Morgan fingerprint density at radius 2 is 1.40 bits per heavy atom. The zero-order valence-corrected chi connectivity index (χ0v) is 17.7. The van der Waals surface area contributed by atoms with Crippen LogP contribution in [0.3, 0.4) is 0 Å². The van der Waals surface area contributed by atoms with Crippen molar-refractivity contribution in [2.45, 2.75) is 25.2 Å². The third-order valence-corrected chi connectivity index (χ3v) is 5.39. The average Bonchev–Trinajstić information content (AvgIpc) is 2.73. The fourth-order valence-electron chi connectivity index (χ4n) is 2.46. The number of benzene rings is 2. The predicted molar refractivity (Wildman–Crippen MR) is 110 cm³/mol. The lowest BCUT2D eigenvalue weighted by Gasteiger charge is -2.08. The molecular formula is C21H25NO7S. The van der Waals surface area contributed by atoms with Crippen LogP contribution in [0.25, 0.3) is 0 Å². The largest absolute Gasteiger partial charge is 0.494 e. The molecule has 9 heteroatoms. The highest BCUT2D eigenvalue weighted by atomic mass is 32.2. The second kappa shape index (κ2) is 11.3. The maximum Gasteiger partial charge on any atom is 0.307 e. The first kappa shape index (κ1) is 23.4. The van der Waals surface area contributed by atoms with Gasteiger partial charge in [0.25, 0.3) is 0 Å². The van der Waals surface area contributed by atoms with Crippen LogP contribution in [0.2, 0.25) is 0 Å². The number of carbonyl (C=O) groups excluding carboxylic acids is 2. The van der Waals surface area contributed by atoms with Crippen molar-refractivity contribution in [3.8, 4) is 11.5 Å². The van der Waals surface area contributed by atoms with E-state index >= 15 is 0 Å². The van der Waals surface area contributed by atoms with E-state index in [1.54, 1.807) is 36.4 Å². The lowest BCUT2D eigenvalue weighted by molar-refractivity contribution is -0.142. The summed E-state index contributed by atoms with van der Waals surface area (Å²) in [5, 5.41) is 0. The van der Waals surface area contributed by atoms with E-state index in [0.29, 0.717) is 30.3 Å². The topological polar surface area (TPSA) is 108 Å². The molecule has 2 aromatic carbocycles. The molecule has 0 fully saturated rings. The van der Waals surface area contributed by atoms with E-state index in [-0.39, 0.29) is 23.6 Å². The van der Waals surface area contributed by atoms with Gasteiger partial charge in [0.15, 0.2) is 12.4 Å². The average molecular weight is 435 g/mol. The molecule has 0 aromatic heterocycles. The highest BCUT2D eigenvalue weighted by molar-refractivity contribution is 7.89. The van der Waals surface area contributed by atoms with Crippen LogP contribution in [0.5, 0.6) is 11.5 Å². The standard InChI is InChI=1S/C21H25NO7S/c1-3-27-17-7-5-16(6-8-17)20(23)15-29-21(24)13-14-22-30(25,26)19-11-9-18(10-12-19)28-4-2/h5-12,22H,3-4,13-15H2,1-2H3. The smallest absolute Gasteiger partial charge is 0.307 e. The molecule has 0 atom stereocenters. The summed E-state index contributed by atoms with van der Waals surface area (Å²) in [6.07, 6.45) is -0.202. The van der Waals surface area contributed by atoms with Gasteiger partial charge in [-0.05, 0) is 62.4 Å². The molecule has 162 valence electrons. The Morgan fingerprint density at radius 3 is 1.93 bits per heavy atom. The van der Waals surface area contributed by atoms with Gasteiger partial charge < -0.3 is 14.2 Å². The highest BCUT2D eigenvalue weighted by Crippen LogP contribution is 2.16. The third-order valence-electron chi connectivity index (χ3n) is 3.92. The molecule has 0 heterocycles. The number of hydrogen-bond donors (Lipinski definition) is 1. The number of sulfonamides is 1. The predicted octanol–water partition coefficient (Wildman–Crippen LogP) is 2.58. The van der Waals surface area contributed by atoms with Gasteiger partial charge in [0, 0.05) is 12.1 Å². The second-order valence-corrected chi connectivity index (χ2v) is 7.86. The van der Waals surface area contributed by atoms with Crippen molar-refractivity contribution in [3.63, 3.8) is 0 Å². The molecule has 0 aliphatic rings. The monoisotopic (exact) mass is 435 g/mol. The Labute approximate surface area is 176 Å².